The molecule has 5 rings (SSSR count). The van der Waals surface area contributed by atoms with E-state index < -0.39 is 42.0 Å². The van der Waals surface area contributed by atoms with Crippen LogP contribution in [0, 0.1) is 24.7 Å². The van der Waals surface area contributed by atoms with Gasteiger partial charge in [0, 0.05) is 0 Å². The van der Waals surface area contributed by atoms with Crippen LogP contribution in [0.15, 0.2) is 23.0 Å². The van der Waals surface area contributed by atoms with E-state index in [0.717, 1.165) is 35.1 Å². The van der Waals surface area contributed by atoms with E-state index in [1.165, 1.54) is 0 Å². The highest BCUT2D eigenvalue weighted by molar-refractivity contribution is 6.38. The van der Waals surface area contributed by atoms with Gasteiger partial charge in [-0.1, -0.05) is 36.7 Å². The maximum atomic E-state index is 13.7. The van der Waals surface area contributed by atoms with Crippen LogP contribution in [0.25, 0.3) is 5.57 Å². The number of allylic oxidation sites excluding steroid dienone is 1. The van der Waals surface area contributed by atoms with E-state index in [4.69, 9.17) is 14.3 Å². The van der Waals surface area contributed by atoms with E-state index in [0.29, 0.717) is 5.57 Å². The number of aryl methyl sites for hydroxylation is 3. The Morgan fingerprint density at radius 1 is 1.06 bits per heavy atom. The van der Waals surface area contributed by atoms with Gasteiger partial charge in [0.25, 0.3) is 0 Å². The largest absolute Gasteiger partial charge is 0.511 e. The number of benzene rings is 1. The molecule has 0 amide bonds. The first-order valence-electron chi connectivity index (χ1n) is 11.1. The van der Waals surface area contributed by atoms with E-state index in [1.54, 1.807) is 6.92 Å². The summed E-state index contributed by atoms with van der Waals surface area (Å²) in [5.74, 6) is -2.03. The highest BCUT2D eigenvalue weighted by Gasteiger charge is 2.70. The number of oxime groups is 1. The van der Waals surface area contributed by atoms with Gasteiger partial charge in [0.2, 0.25) is 0 Å². The molecule has 2 bridgehead atoms. The summed E-state index contributed by atoms with van der Waals surface area (Å²) in [5, 5.41) is 15.2. The third-order valence-corrected chi connectivity index (χ3v) is 7.09. The first-order valence-corrected chi connectivity index (χ1v) is 11.1. The number of esters is 1. The molecule has 0 saturated carbocycles. The molecule has 164 valence electrons. The summed E-state index contributed by atoms with van der Waals surface area (Å²) in [6.45, 7) is 8.12. The maximum Gasteiger partial charge on any atom is 0.356 e. The quantitative estimate of drug-likeness (QED) is 0.729. The lowest BCUT2D eigenvalue weighted by Crippen LogP contribution is -2.46. The molecule has 0 aromatic heterocycles. The summed E-state index contributed by atoms with van der Waals surface area (Å²) in [6.07, 6.45) is -0.0351. The Bertz CT molecular complexity index is 1020. The van der Waals surface area contributed by atoms with Gasteiger partial charge in [0.15, 0.2) is 17.6 Å². The number of nitrogens with zero attached hydrogens (tertiary/aromatic N) is 1. The van der Waals surface area contributed by atoms with Gasteiger partial charge in [-0.15, -0.1) is 0 Å². The number of Topliss-reactive ketones (excluding diaryl/α,β-unsaturated/α-hetero) is 1. The average molecular weight is 425 g/mol. The van der Waals surface area contributed by atoms with Crippen molar-refractivity contribution in [3.05, 3.63) is 40.1 Å². The first-order chi connectivity index (χ1) is 14.9. The number of fused-ring (bicyclic) bond motifs is 8. The number of hydrogen-bond acceptors (Lipinski definition) is 7. The van der Waals surface area contributed by atoms with Crippen LogP contribution >= 0.6 is 0 Å². The Kier molecular flexibility index (Phi) is 4.70. The highest BCUT2D eigenvalue weighted by atomic mass is 16.7. The molecule has 0 spiro atoms. The predicted octanol–water partition coefficient (Wildman–Crippen LogP) is 2.92. The Morgan fingerprint density at radius 3 is 2.35 bits per heavy atom. The highest BCUT2D eigenvalue weighted by Crippen LogP contribution is 2.58. The first kappa shape index (κ1) is 20.2. The molecule has 4 aliphatic rings. The number of hydrogen-bond donors (Lipinski definition) is 1. The Labute approximate surface area is 181 Å². The fourth-order valence-corrected chi connectivity index (χ4v) is 5.90. The van der Waals surface area contributed by atoms with Gasteiger partial charge in [-0.05, 0) is 43.4 Å². The van der Waals surface area contributed by atoms with E-state index in [9.17, 15) is 14.7 Å². The van der Waals surface area contributed by atoms with Crippen LogP contribution in [-0.2, 0) is 36.7 Å². The molecule has 6 atom stereocenters. The number of carbonyl (C=O) groups excluding carboxylic acids is 2. The molecule has 31 heavy (non-hydrogen) atoms. The molecule has 7 nitrogen and oxygen atoms in total. The van der Waals surface area contributed by atoms with Crippen LogP contribution < -0.4 is 0 Å². The van der Waals surface area contributed by atoms with Gasteiger partial charge in [-0.2, -0.15) is 0 Å². The van der Waals surface area contributed by atoms with Crippen LogP contribution in [0.4, 0.5) is 0 Å². The molecular formula is C24H27NO6. The molecule has 7 heteroatoms. The number of rotatable bonds is 5. The van der Waals surface area contributed by atoms with Crippen molar-refractivity contribution in [1.82, 2.24) is 0 Å². The molecule has 3 heterocycles. The number of carbonyl (C=O) groups is 2. The van der Waals surface area contributed by atoms with Crippen molar-refractivity contribution >= 4 is 23.0 Å². The van der Waals surface area contributed by atoms with Crippen LogP contribution in [0.2, 0.25) is 0 Å². The summed E-state index contributed by atoms with van der Waals surface area (Å²) in [4.78, 5) is 31.6. The number of ether oxygens (including phenoxy) is 2. The lowest BCUT2D eigenvalue weighted by atomic mass is 9.71. The van der Waals surface area contributed by atoms with E-state index >= 15 is 0 Å². The predicted molar refractivity (Wildman–Crippen MR) is 113 cm³/mol. The molecule has 1 aliphatic carbocycles. The fraction of sp³-hybridized carbons (Fsp3) is 0.542. The van der Waals surface area contributed by atoms with Crippen LogP contribution in [0.3, 0.4) is 0 Å². The van der Waals surface area contributed by atoms with Crippen molar-refractivity contribution in [3.63, 3.8) is 0 Å². The second-order valence-corrected chi connectivity index (χ2v) is 8.70. The molecule has 2 saturated heterocycles. The Balaban J connectivity index is 1.55. The number of aliphatic hydroxyl groups is 1. The summed E-state index contributed by atoms with van der Waals surface area (Å²) >= 11 is 0. The summed E-state index contributed by atoms with van der Waals surface area (Å²) < 4.78 is 11.2. The second-order valence-electron chi connectivity index (χ2n) is 8.70. The smallest absolute Gasteiger partial charge is 0.356 e. The van der Waals surface area contributed by atoms with Crippen molar-refractivity contribution in [2.45, 2.75) is 58.8 Å². The fourth-order valence-electron chi connectivity index (χ4n) is 5.90. The van der Waals surface area contributed by atoms with Crippen LogP contribution in [-0.4, -0.2) is 47.5 Å². The molecule has 0 radical (unpaired) electrons. The van der Waals surface area contributed by atoms with Gasteiger partial charge in [-0.3, -0.25) is 4.79 Å². The van der Waals surface area contributed by atoms with Crippen LogP contribution in [0.5, 0.6) is 0 Å². The van der Waals surface area contributed by atoms with Gasteiger partial charge in [0.05, 0.1) is 36.0 Å². The summed E-state index contributed by atoms with van der Waals surface area (Å²) in [6, 6.07) is 4.18. The van der Waals surface area contributed by atoms with Crippen molar-refractivity contribution in [2.24, 2.45) is 22.9 Å². The van der Waals surface area contributed by atoms with Gasteiger partial charge < -0.3 is 19.4 Å². The van der Waals surface area contributed by atoms with Crippen molar-refractivity contribution < 1.29 is 29.0 Å². The van der Waals surface area contributed by atoms with Crippen molar-refractivity contribution in [1.29, 1.82) is 0 Å². The second kappa shape index (κ2) is 7.19. The minimum atomic E-state index is -0.557. The minimum Gasteiger partial charge on any atom is -0.511 e. The van der Waals surface area contributed by atoms with Gasteiger partial charge >= 0.3 is 5.97 Å². The normalized spacial score (nSPS) is 32.8. The zero-order valence-corrected chi connectivity index (χ0v) is 18.2. The third-order valence-electron chi connectivity index (χ3n) is 7.09. The van der Waals surface area contributed by atoms with E-state index in [2.05, 4.69) is 31.1 Å². The lowest BCUT2D eigenvalue weighted by Gasteiger charge is -2.28. The maximum absolute atomic E-state index is 13.7. The molecule has 3 aliphatic heterocycles. The lowest BCUT2D eigenvalue weighted by molar-refractivity contribution is -0.135. The molecule has 1 aromatic carbocycles. The standard InChI is InChI=1S/C24H27NO6/c1-5-11-8-10(4)9-12(6-2)13(11)14-19(26)15-16(20(14)27)22-23-17(21(15)30-22)18(25-31-23)24(28)29-7-3/h8-9,15-17,21-23,27H,5-7H2,1-4H3/t15-,16+,17?,21+,22-,23?/m0/s1. The molecule has 1 N–H and O–H groups in total. The molecule has 1 aromatic rings. The summed E-state index contributed by atoms with van der Waals surface area (Å²) in [5.41, 5.74) is 4.71. The number of ketones is 1. The van der Waals surface area contributed by atoms with E-state index in [-0.39, 0.29) is 23.9 Å². The molecule has 2 fully saturated rings. The monoisotopic (exact) mass is 425 g/mol. The molecule has 2 unspecified atom stereocenters. The summed E-state index contributed by atoms with van der Waals surface area (Å²) in [7, 11) is 0. The minimum absolute atomic E-state index is 0.0855. The molecular weight excluding hydrogens is 398 g/mol. The van der Waals surface area contributed by atoms with E-state index in [1.807, 2.05) is 6.92 Å². The Morgan fingerprint density at radius 2 is 1.74 bits per heavy atom. The van der Waals surface area contributed by atoms with Gasteiger partial charge in [-0.25, -0.2) is 4.79 Å². The zero-order chi connectivity index (χ0) is 22.0. The van der Waals surface area contributed by atoms with Gasteiger partial charge in [0.1, 0.15) is 11.9 Å². The SMILES string of the molecule is CCOC(=O)C1=NOC2C1[C@@H]1O[C@H]2[C@H]2C(O)=C(c3c(CC)cc(C)cc3CC)C(=O)[C@H]21. The van der Waals surface area contributed by atoms with Crippen molar-refractivity contribution in [3.8, 4) is 0 Å². The average Bonchev–Trinajstić information content (AvgIpc) is 3.48. The zero-order valence-electron chi connectivity index (χ0n) is 18.2. The number of aliphatic hydroxyl groups excluding tert-OH is 1. The van der Waals surface area contributed by atoms with Crippen molar-refractivity contribution in [2.75, 3.05) is 6.61 Å². The van der Waals surface area contributed by atoms with Crippen LogP contribution in [0.1, 0.15) is 43.0 Å². The topological polar surface area (TPSA) is 94.4 Å². The third kappa shape index (κ3) is 2.65. The Hall–Kier alpha value is -2.67.